The summed E-state index contributed by atoms with van der Waals surface area (Å²) in [6.45, 7) is 6.90. The van der Waals surface area contributed by atoms with E-state index in [1.807, 2.05) is 0 Å². The molecule has 0 saturated carbocycles. The Morgan fingerprint density at radius 2 is 1.91 bits per heavy atom. The van der Waals surface area contributed by atoms with Gasteiger partial charge in [0.15, 0.2) is 0 Å². The summed E-state index contributed by atoms with van der Waals surface area (Å²) in [5.41, 5.74) is 0. The van der Waals surface area contributed by atoms with Crippen molar-refractivity contribution in [2.75, 3.05) is 5.33 Å². The molecule has 0 rings (SSSR count). The van der Waals surface area contributed by atoms with Gasteiger partial charge in [0.1, 0.15) is 0 Å². The molecule has 0 spiro atoms. The topological polar surface area (TPSA) is 0 Å². The first-order valence-corrected chi connectivity index (χ1v) is 5.92. The third kappa shape index (κ3) is 5.72. The highest BCUT2D eigenvalue weighted by Gasteiger charge is 2.09. The van der Waals surface area contributed by atoms with Gasteiger partial charge in [-0.15, -0.1) is 0 Å². The summed E-state index contributed by atoms with van der Waals surface area (Å²) in [6, 6.07) is 0. The molecular weight excluding hydrogens is 200 g/mol. The van der Waals surface area contributed by atoms with Crippen molar-refractivity contribution in [2.45, 2.75) is 46.5 Å². The lowest BCUT2D eigenvalue weighted by atomic mass is 9.92. The Morgan fingerprint density at radius 1 is 1.27 bits per heavy atom. The quantitative estimate of drug-likeness (QED) is 0.588. The molecule has 0 aliphatic heterocycles. The second-order valence-electron chi connectivity index (χ2n) is 3.56. The highest BCUT2D eigenvalue weighted by molar-refractivity contribution is 9.09. The minimum atomic E-state index is 0.907. The van der Waals surface area contributed by atoms with E-state index in [0.717, 1.165) is 11.8 Å². The standard InChI is InChI=1S/C10H21Br/c1-4-6-10(8-11)7-9(3)5-2/h9-10H,4-8H2,1-3H3. The van der Waals surface area contributed by atoms with Gasteiger partial charge in [0.05, 0.1) is 0 Å². The monoisotopic (exact) mass is 220 g/mol. The van der Waals surface area contributed by atoms with Crippen LogP contribution >= 0.6 is 15.9 Å². The normalized spacial score (nSPS) is 16.4. The average molecular weight is 221 g/mol. The van der Waals surface area contributed by atoms with Gasteiger partial charge in [-0.1, -0.05) is 49.5 Å². The molecule has 0 heterocycles. The van der Waals surface area contributed by atoms with E-state index in [1.165, 1.54) is 31.0 Å². The van der Waals surface area contributed by atoms with Gasteiger partial charge in [0.25, 0.3) is 0 Å². The molecule has 0 aromatic rings. The van der Waals surface area contributed by atoms with Crippen molar-refractivity contribution in [1.82, 2.24) is 0 Å². The van der Waals surface area contributed by atoms with Crippen LogP contribution in [0.3, 0.4) is 0 Å². The molecular formula is C10H21Br. The van der Waals surface area contributed by atoms with Crippen LogP contribution < -0.4 is 0 Å². The highest BCUT2D eigenvalue weighted by Crippen LogP contribution is 2.20. The second kappa shape index (κ2) is 7.15. The van der Waals surface area contributed by atoms with Crippen LogP contribution in [0.1, 0.15) is 46.5 Å². The van der Waals surface area contributed by atoms with E-state index in [-0.39, 0.29) is 0 Å². The fourth-order valence-electron chi connectivity index (χ4n) is 1.40. The van der Waals surface area contributed by atoms with Gasteiger partial charge in [-0.2, -0.15) is 0 Å². The number of alkyl halides is 1. The minimum Gasteiger partial charge on any atom is -0.0925 e. The number of halogens is 1. The summed E-state index contributed by atoms with van der Waals surface area (Å²) in [6.07, 6.45) is 5.44. The summed E-state index contributed by atoms with van der Waals surface area (Å²) in [7, 11) is 0. The van der Waals surface area contributed by atoms with E-state index in [9.17, 15) is 0 Å². The average Bonchev–Trinajstić information content (AvgIpc) is 2.03. The molecule has 11 heavy (non-hydrogen) atoms. The van der Waals surface area contributed by atoms with Crippen molar-refractivity contribution >= 4 is 15.9 Å². The Kier molecular flexibility index (Phi) is 7.46. The largest absolute Gasteiger partial charge is 0.0925 e. The molecule has 0 fully saturated rings. The molecule has 0 aliphatic carbocycles. The SMILES string of the molecule is CCCC(CBr)CC(C)CC. The summed E-state index contributed by atoms with van der Waals surface area (Å²) in [5, 5.41) is 1.19. The van der Waals surface area contributed by atoms with Crippen molar-refractivity contribution in [3.05, 3.63) is 0 Å². The smallest absolute Gasteiger partial charge is 0.00597 e. The summed E-state index contributed by atoms with van der Waals surface area (Å²) < 4.78 is 0. The molecule has 2 unspecified atom stereocenters. The van der Waals surface area contributed by atoms with Crippen LogP contribution in [0.25, 0.3) is 0 Å². The number of hydrogen-bond acceptors (Lipinski definition) is 0. The Balaban J connectivity index is 3.49. The van der Waals surface area contributed by atoms with Gasteiger partial charge in [0.2, 0.25) is 0 Å². The molecule has 0 saturated heterocycles. The van der Waals surface area contributed by atoms with Crippen LogP contribution in [-0.2, 0) is 0 Å². The number of rotatable bonds is 6. The predicted octanol–water partition coefficient (Wildman–Crippen LogP) is 4.23. The predicted molar refractivity (Wildman–Crippen MR) is 56.3 cm³/mol. The molecule has 0 bridgehead atoms. The molecule has 0 aliphatic rings. The number of hydrogen-bond donors (Lipinski definition) is 0. The van der Waals surface area contributed by atoms with Crippen molar-refractivity contribution in [3.63, 3.8) is 0 Å². The summed E-state index contributed by atoms with van der Waals surface area (Å²) in [4.78, 5) is 0. The van der Waals surface area contributed by atoms with Gasteiger partial charge in [-0.25, -0.2) is 0 Å². The van der Waals surface area contributed by atoms with Crippen molar-refractivity contribution in [2.24, 2.45) is 11.8 Å². The molecule has 0 amide bonds. The zero-order valence-electron chi connectivity index (χ0n) is 8.07. The van der Waals surface area contributed by atoms with E-state index < -0.39 is 0 Å². The molecule has 68 valence electrons. The summed E-state index contributed by atoms with van der Waals surface area (Å²) in [5.74, 6) is 1.82. The van der Waals surface area contributed by atoms with E-state index in [4.69, 9.17) is 0 Å². The fraction of sp³-hybridized carbons (Fsp3) is 1.00. The highest BCUT2D eigenvalue weighted by atomic mass is 79.9. The Labute approximate surface area is 79.9 Å². The first kappa shape index (κ1) is 11.5. The van der Waals surface area contributed by atoms with E-state index in [2.05, 4.69) is 36.7 Å². The minimum absolute atomic E-state index is 0.907. The van der Waals surface area contributed by atoms with Crippen LogP contribution in [-0.4, -0.2) is 5.33 Å². The van der Waals surface area contributed by atoms with Crippen LogP contribution in [0.15, 0.2) is 0 Å². The first-order chi connectivity index (χ1) is 5.24. The van der Waals surface area contributed by atoms with E-state index in [0.29, 0.717) is 0 Å². The molecule has 1 heteroatoms. The summed E-state index contributed by atoms with van der Waals surface area (Å²) >= 11 is 3.57. The third-order valence-electron chi connectivity index (χ3n) is 2.35. The van der Waals surface area contributed by atoms with Gasteiger partial charge in [0, 0.05) is 5.33 Å². The van der Waals surface area contributed by atoms with Crippen LogP contribution in [0.2, 0.25) is 0 Å². The van der Waals surface area contributed by atoms with Crippen molar-refractivity contribution in [3.8, 4) is 0 Å². The fourth-order valence-corrected chi connectivity index (χ4v) is 1.99. The Bertz CT molecular complexity index is 80.9. The van der Waals surface area contributed by atoms with Crippen LogP contribution in [0.4, 0.5) is 0 Å². The molecule has 0 aromatic carbocycles. The van der Waals surface area contributed by atoms with E-state index >= 15 is 0 Å². The second-order valence-corrected chi connectivity index (χ2v) is 4.21. The Morgan fingerprint density at radius 3 is 2.27 bits per heavy atom. The molecule has 0 aromatic heterocycles. The third-order valence-corrected chi connectivity index (χ3v) is 3.26. The van der Waals surface area contributed by atoms with Crippen molar-refractivity contribution < 1.29 is 0 Å². The zero-order chi connectivity index (χ0) is 8.69. The molecule has 0 N–H and O–H groups in total. The van der Waals surface area contributed by atoms with E-state index in [1.54, 1.807) is 0 Å². The van der Waals surface area contributed by atoms with Gasteiger partial charge in [-0.3, -0.25) is 0 Å². The maximum Gasteiger partial charge on any atom is 0.00597 e. The van der Waals surface area contributed by atoms with Crippen molar-refractivity contribution in [1.29, 1.82) is 0 Å². The molecule has 0 nitrogen and oxygen atoms in total. The lowest BCUT2D eigenvalue weighted by Gasteiger charge is -2.16. The lowest BCUT2D eigenvalue weighted by Crippen LogP contribution is -2.06. The van der Waals surface area contributed by atoms with Crippen LogP contribution in [0, 0.1) is 11.8 Å². The maximum atomic E-state index is 3.57. The van der Waals surface area contributed by atoms with Gasteiger partial charge in [-0.05, 0) is 24.7 Å². The molecule has 2 atom stereocenters. The Hall–Kier alpha value is 0.480. The molecule has 0 radical (unpaired) electrons. The van der Waals surface area contributed by atoms with Gasteiger partial charge < -0.3 is 0 Å². The zero-order valence-corrected chi connectivity index (χ0v) is 9.65. The lowest BCUT2D eigenvalue weighted by molar-refractivity contribution is 0.391. The van der Waals surface area contributed by atoms with Gasteiger partial charge >= 0.3 is 0 Å². The maximum absolute atomic E-state index is 3.57. The van der Waals surface area contributed by atoms with Crippen LogP contribution in [0.5, 0.6) is 0 Å². The first-order valence-electron chi connectivity index (χ1n) is 4.80.